The molecule has 0 radical (unpaired) electrons. The largest absolute Gasteiger partial charge is 0.492 e. The zero-order valence-electron chi connectivity index (χ0n) is 13.1. The minimum Gasteiger partial charge on any atom is -0.492 e. The summed E-state index contributed by atoms with van der Waals surface area (Å²) in [6.45, 7) is 3.25. The summed E-state index contributed by atoms with van der Waals surface area (Å²) in [6, 6.07) is 13.6. The monoisotopic (exact) mass is 316 g/mol. The Kier molecular flexibility index (Phi) is 6.41. The van der Waals surface area contributed by atoms with Crippen molar-refractivity contribution in [1.82, 2.24) is 10.6 Å². The maximum atomic E-state index is 12.8. The number of carbonyl (C=O) groups is 1. The molecule has 0 saturated heterocycles. The molecule has 2 amide bonds. The molecule has 0 heterocycles. The Hall–Kier alpha value is -2.56. The van der Waals surface area contributed by atoms with Crippen molar-refractivity contribution in [3.63, 3.8) is 0 Å². The van der Waals surface area contributed by atoms with E-state index in [1.807, 2.05) is 24.3 Å². The number of nitrogens with one attached hydrogen (secondary N) is 2. The third-order valence-electron chi connectivity index (χ3n) is 3.33. The molecule has 0 bridgehead atoms. The number of ether oxygens (including phenoxy) is 1. The van der Waals surface area contributed by atoms with Gasteiger partial charge in [0.1, 0.15) is 18.2 Å². The van der Waals surface area contributed by atoms with Gasteiger partial charge in [-0.2, -0.15) is 0 Å². The number of amides is 2. The van der Waals surface area contributed by atoms with E-state index in [1.165, 1.54) is 17.7 Å². The molecule has 0 saturated carbocycles. The highest BCUT2D eigenvalue weighted by Gasteiger charge is 2.01. The lowest BCUT2D eigenvalue weighted by atomic mass is 10.2. The van der Waals surface area contributed by atoms with Crippen molar-refractivity contribution >= 4 is 6.03 Å². The van der Waals surface area contributed by atoms with Gasteiger partial charge in [0.2, 0.25) is 0 Å². The summed E-state index contributed by atoms with van der Waals surface area (Å²) < 4.78 is 18.4. The van der Waals surface area contributed by atoms with Crippen molar-refractivity contribution in [2.24, 2.45) is 0 Å². The van der Waals surface area contributed by atoms with Crippen LogP contribution in [-0.4, -0.2) is 19.2 Å². The number of rotatable bonds is 7. The van der Waals surface area contributed by atoms with Crippen molar-refractivity contribution < 1.29 is 13.9 Å². The topological polar surface area (TPSA) is 50.4 Å². The molecule has 0 aromatic heterocycles. The predicted molar refractivity (Wildman–Crippen MR) is 88.0 cm³/mol. The van der Waals surface area contributed by atoms with Crippen molar-refractivity contribution in [1.29, 1.82) is 0 Å². The lowest BCUT2D eigenvalue weighted by Gasteiger charge is -2.10. The molecule has 5 heteroatoms. The molecule has 0 aliphatic rings. The van der Waals surface area contributed by atoms with Crippen LogP contribution in [0.3, 0.4) is 0 Å². The Labute approximate surface area is 135 Å². The van der Waals surface area contributed by atoms with Crippen molar-refractivity contribution in [2.75, 3.05) is 13.2 Å². The minimum absolute atomic E-state index is 0.278. The molecule has 2 N–H and O–H groups in total. The van der Waals surface area contributed by atoms with E-state index >= 15 is 0 Å². The zero-order valence-corrected chi connectivity index (χ0v) is 13.1. The van der Waals surface area contributed by atoms with Crippen molar-refractivity contribution in [3.8, 4) is 5.75 Å². The maximum absolute atomic E-state index is 12.8. The van der Waals surface area contributed by atoms with Crippen LogP contribution < -0.4 is 15.4 Å². The number of hydrogen-bond donors (Lipinski definition) is 2. The van der Waals surface area contributed by atoms with E-state index in [4.69, 9.17) is 4.74 Å². The number of halogens is 1. The maximum Gasteiger partial charge on any atom is 0.315 e. The van der Waals surface area contributed by atoms with E-state index < -0.39 is 0 Å². The van der Waals surface area contributed by atoms with E-state index in [-0.39, 0.29) is 11.8 Å². The second-order valence-corrected chi connectivity index (χ2v) is 5.09. The second-order valence-electron chi connectivity index (χ2n) is 5.09. The van der Waals surface area contributed by atoms with Gasteiger partial charge in [-0.15, -0.1) is 0 Å². The SMILES string of the molecule is CCc1cccc(OCCNC(=O)NCc2ccc(F)cc2)c1. The Balaban J connectivity index is 1.63. The van der Waals surface area contributed by atoms with Crippen LogP contribution in [-0.2, 0) is 13.0 Å². The fraction of sp³-hybridized carbons (Fsp3) is 0.278. The van der Waals surface area contributed by atoms with E-state index in [1.54, 1.807) is 12.1 Å². The summed E-state index contributed by atoms with van der Waals surface area (Å²) in [5, 5.41) is 5.42. The molecule has 0 aliphatic heterocycles. The number of hydrogen-bond acceptors (Lipinski definition) is 2. The summed E-state index contributed by atoms with van der Waals surface area (Å²) in [7, 11) is 0. The minimum atomic E-state index is -0.289. The summed E-state index contributed by atoms with van der Waals surface area (Å²) >= 11 is 0. The first-order valence-corrected chi connectivity index (χ1v) is 7.65. The molecule has 122 valence electrons. The molecule has 0 aliphatic carbocycles. The lowest BCUT2D eigenvalue weighted by molar-refractivity contribution is 0.236. The smallest absolute Gasteiger partial charge is 0.315 e. The van der Waals surface area contributed by atoms with Gasteiger partial charge in [0.05, 0.1) is 6.54 Å². The quantitative estimate of drug-likeness (QED) is 0.770. The fourth-order valence-electron chi connectivity index (χ4n) is 2.04. The summed E-state index contributed by atoms with van der Waals surface area (Å²) in [5.74, 6) is 0.514. The first kappa shape index (κ1) is 16.8. The van der Waals surface area contributed by atoms with Crippen LogP contribution in [0.2, 0.25) is 0 Å². The van der Waals surface area contributed by atoms with Crippen LogP contribution in [0.1, 0.15) is 18.1 Å². The third kappa shape index (κ3) is 5.98. The summed E-state index contributed by atoms with van der Waals surface area (Å²) in [5.41, 5.74) is 2.06. The Morgan fingerprint density at radius 1 is 1.09 bits per heavy atom. The van der Waals surface area contributed by atoms with Gasteiger partial charge >= 0.3 is 6.03 Å². The highest BCUT2D eigenvalue weighted by Crippen LogP contribution is 2.13. The average Bonchev–Trinajstić information content (AvgIpc) is 2.58. The van der Waals surface area contributed by atoms with Crippen LogP contribution in [0.15, 0.2) is 48.5 Å². The van der Waals surface area contributed by atoms with Crippen LogP contribution in [0.5, 0.6) is 5.75 Å². The standard InChI is InChI=1S/C18H21FN2O2/c1-2-14-4-3-5-17(12-14)23-11-10-20-18(22)21-13-15-6-8-16(19)9-7-15/h3-9,12H,2,10-11,13H2,1H3,(H2,20,21,22). The van der Waals surface area contributed by atoms with Gasteiger partial charge in [-0.3, -0.25) is 0 Å². The number of carbonyl (C=O) groups excluding carboxylic acids is 1. The molecule has 2 aromatic rings. The van der Waals surface area contributed by atoms with Crippen molar-refractivity contribution in [3.05, 3.63) is 65.5 Å². The van der Waals surface area contributed by atoms with E-state index in [0.717, 1.165) is 17.7 Å². The van der Waals surface area contributed by atoms with Crippen LogP contribution in [0.4, 0.5) is 9.18 Å². The molecular weight excluding hydrogens is 295 g/mol. The van der Waals surface area contributed by atoms with Gasteiger partial charge in [0, 0.05) is 6.54 Å². The predicted octanol–water partition coefficient (Wildman–Crippen LogP) is 3.27. The van der Waals surface area contributed by atoms with Gasteiger partial charge < -0.3 is 15.4 Å². The highest BCUT2D eigenvalue weighted by molar-refractivity contribution is 5.73. The molecule has 2 aromatic carbocycles. The first-order valence-electron chi connectivity index (χ1n) is 7.65. The summed E-state index contributed by atoms with van der Waals surface area (Å²) in [6.07, 6.45) is 0.960. The third-order valence-corrected chi connectivity index (χ3v) is 3.33. The average molecular weight is 316 g/mol. The van der Waals surface area contributed by atoms with Crippen molar-refractivity contribution in [2.45, 2.75) is 19.9 Å². The molecule has 23 heavy (non-hydrogen) atoms. The lowest BCUT2D eigenvalue weighted by Crippen LogP contribution is -2.37. The van der Waals surface area contributed by atoms with Gasteiger partial charge in [-0.05, 0) is 41.8 Å². The van der Waals surface area contributed by atoms with E-state index in [2.05, 4.69) is 17.6 Å². The van der Waals surface area contributed by atoms with Crippen LogP contribution in [0.25, 0.3) is 0 Å². The van der Waals surface area contributed by atoms with Gasteiger partial charge in [-0.1, -0.05) is 31.2 Å². The second kappa shape index (κ2) is 8.78. The molecule has 0 atom stereocenters. The van der Waals surface area contributed by atoms with Gasteiger partial charge in [-0.25, -0.2) is 9.18 Å². The highest BCUT2D eigenvalue weighted by atomic mass is 19.1. The first-order chi connectivity index (χ1) is 11.2. The molecule has 0 unspecified atom stereocenters. The van der Waals surface area contributed by atoms with E-state index in [9.17, 15) is 9.18 Å². The molecular formula is C18H21FN2O2. The molecule has 2 rings (SSSR count). The molecule has 4 nitrogen and oxygen atoms in total. The number of aryl methyl sites for hydroxylation is 1. The molecule has 0 fully saturated rings. The Morgan fingerprint density at radius 3 is 2.61 bits per heavy atom. The summed E-state index contributed by atoms with van der Waals surface area (Å²) in [4.78, 5) is 11.6. The Morgan fingerprint density at radius 2 is 1.87 bits per heavy atom. The molecule has 0 spiro atoms. The van der Waals surface area contributed by atoms with Crippen LogP contribution >= 0.6 is 0 Å². The van der Waals surface area contributed by atoms with Crippen LogP contribution in [0, 0.1) is 5.82 Å². The van der Waals surface area contributed by atoms with E-state index in [0.29, 0.717) is 19.7 Å². The number of benzene rings is 2. The zero-order chi connectivity index (χ0) is 16.5. The fourth-order valence-corrected chi connectivity index (χ4v) is 2.04. The Bertz CT molecular complexity index is 629. The normalized spacial score (nSPS) is 10.2. The van der Waals surface area contributed by atoms with Gasteiger partial charge in [0.15, 0.2) is 0 Å². The number of urea groups is 1. The van der Waals surface area contributed by atoms with Gasteiger partial charge in [0.25, 0.3) is 0 Å².